The second-order valence-corrected chi connectivity index (χ2v) is 5.69. The monoisotopic (exact) mass is 326 g/mol. The smallest absolute Gasteiger partial charge is 0.264 e. The van der Waals surface area contributed by atoms with Gasteiger partial charge >= 0.3 is 0 Å². The molecule has 0 aliphatic carbocycles. The Morgan fingerprint density at radius 2 is 1.83 bits per heavy atom. The van der Waals surface area contributed by atoms with Gasteiger partial charge in [-0.15, -0.1) is 0 Å². The molecule has 0 unspecified atom stereocenters. The third-order valence-corrected chi connectivity index (χ3v) is 4.08. The first-order valence-corrected chi connectivity index (χ1v) is 8.22. The Morgan fingerprint density at radius 3 is 2.54 bits per heavy atom. The highest BCUT2D eigenvalue weighted by molar-refractivity contribution is 5.96. The van der Waals surface area contributed by atoms with Crippen molar-refractivity contribution in [3.05, 3.63) is 48.0 Å². The van der Waals surface area contributed by atoms with Gasteiger partial charge in [-0.2, -0.15) is 0 Å². The summed E-state index contributed by atoms with van der Waals surface area (Å²) in [5, 5.41) is 0. The molecule has 0 spiro atoms. The van der Waals surface area contributed by atoms with Gasteiger partial charge in [-0.25, -0.2) is 0 Å². The Morgan fingerprint density at radius 1 is 1.12 bits per heavy atom. The maximum atomic E-state index is 12.6. The third kappa shape index (κ3) is 3.45. The predicted octanol–water partition coefficient (Wildman–Crippen LogP) is 3.03. The number of nitrogen functional groups attached to an aromatic ring is 1. The van der Waals surface area contributed by atoms with E-state index in [4.69, 9.17) is 15.2 Å². The van der Waals surface area contributed by atoms with E-state index in [2.05, 4.69) is 0 Å². The molecule has 0 atom stereocenters. The van der Waals surface area contributed by atoms with Crippen LogP contribution in [0.3, 0.4) is 0 Å². The molecule has 0 saturated heterocycles. The lowest BCUT2D eigenvalue weighted by molar-refractivity contribution is -0.120. The minimum Gasteiger partial charge on any atom is -0.494 e. The van der Waals surface area contributed by atoms with Crippen LogP contribution < -0.4 is 20.1 Å². The van der Waals surface area contributed by atoms with Crippen LogP contribution in [0.5, 0.6) is 11.5 Å². The average Bonchev–Trinajstić information content (AvgIpc) is 2.61. The minimum atomic E-state index is -0.0598. The highest BCUT2D eigenvalue weighted by Crippen LogP contribution is 2.31. The summed E-state index contributed by atoms with van der Waals surface area (Å²) in [5.41, 5.74) is 8.73. The number of rotatable bonds is 5. The quantitative estimate of drug-likeness (QED) is 0.858. The maximum Gasteiger partial charge on any atom is 0.264 e. The summed E-state index contributed by atoms with van der Waals surface area (Å²) in [5.74, 6) is 1.38. The van der Waals surface area contributed by atoms with Crippen molar-refractivity contribution >= 4 is 17.3 Å². The fourth-order valence-corrected chi connectivity index (χ4v) is 2.93. The van der Waals surface area contributed by atoms with Gasteiger partial charge in [0.05, 0.1) is 6.61 Å². The van der Waals surface area contributed by atoms with E-state index in [-0.39, 0.29) is 12.5 Å². The van der Waals surface area contributed by atoms with Gasteiger partial charge in [-0.3, -0.25) is 4.79 Å². The molecular weight excluding hydrogens is 304 g/mol. The Kier molecular flexibility index (Phi) is 4.89. The van der Waals surface area contributed by atoms with Gasteiger partial charge in [-0.05, 0) is 61.7 Å². The summed E-state index contributed by atoms with van der Waals surface area (Å²) in [6.45, 7) is 3.26. The number of benzene rings is 2. The van der Waals surface area contributed by atoms with Crippen molar-refractivity contribution in [3.8, 4) is 11.5 Å². The Labute approximate surface area is 142 Å². The van der Waals surface area contributed by atoms with Gasteiger partial charge in [0.1, 0.15) is 11.5 Å². The first kappa shape index (κ1) is 16.2. The van der Waals surface area contributed by atoms with Gasteiger partial charge in [0.25, 0.3) is 5.91 Å². The van der Waals surface area contributed by atoms with Crippen molar-refractivity contribution in [1.29, 1.82) is 0 Å². The topological polar surface area (TPSA) is 64.8 Å². The number of amides is 1. The second-order valence-electron chi connectivity index (χ2n) is 5.69. The van der Waals surface area contributed by atoms with Crippen LogP contribution in [0.15, 0.2) is 42.5 Å². The summed E-state index contributed by atoms with van der Waals surface area (Å²) < 4.78 is 11.0. The van der Waals surface area contributed by atoms with Crippen LogP contribution in [-0.4, -0.2) is 25.7 Å². The van der Waals surface area contributed by atoms with E-state index in [0.717, 1.165) is 35.5 Å². The van der Waals surface area contributed by atoms with Crippen LogP contribution in [0.1, 0.15) is 18.9 Å². The van der Waals surface area contributed by atoms with Crippen LogP contribution in [0.4, 0.5) is 11.4 Å². The number of carbonyl (C=O) groups is 1. The van der Waals surface area contributed by atoms with Crippen LogP contribution in [0, 0.1) is 0 Å². The molecule has 2 N–H and O–H groups in total. The molecular formula is C19H22N2O3. The van der Waals surface area contributed by atoms with Crippen LogP contribution in [0.2, 0.25) is 0 Å². The molecule has 0 radical (unpaired) electrons. The van der Waals surface area contributed by atoms with E-state index in [0.29, 0.717) is 18.9 Å². The molecule has 2 aromatic carbocycles. The van der Waals surface area contributed by atoms with Crippen molar-refractivity contribution < 1.29 is 14.3 Å². The molecule has 0 bridgehead atoms. The third-order valence-electron chi connectivity index (χ3n) is 4.08. The van der Waals surface area contributed by atoms with Gasteiger partial charge in [-0.1, -0.05) is 6.07 Å². The summed E-state index contributed by atoms with van der Waals surface area (Å²) in [7, 11) is 0. The molecule has 24 heavy (non-hydrogen) atoms. The molecule has 1 heterocycles. The van der Waals surface area contributed by atoms with E-state index < -0.39 is 0 Å². The van der Waals surface area contributed by atoms with Crippen molar-refractivity contribution in [3.63, 3.8) is 0 Å². The van der Waals surface area contributed by atoms with E-state index in [9.17, 15) is 4.79 Å². The normalized spacial score (nSPS) is 13.3. The molecule has 0 saturated carbocycles. The molecule has 126 valence electrons. The zero-order valence-corrected chi connectivity index (χ0v) is 13.8. The first-order chi connectivity index (χ1) is 11.7. The zero-order chi connectivity index (χ0) is 16.9. The molecule has 1 aliphatic rings. The van der Waals surface area contributed by atoms with E-state index in [1.807, 2.05) is 37.3 Å². The van der Waals surface area contributed by atoms with E-state index >= 15 is 0 Å². The molecule has 0 fully saturated rings. The molecule has 2 aromatic rings. The number of hydrogen-bond donors (Lipinski definition) is 1. The van der Waals surface area contributed by atoms with Crippen LogP contribution in [0.25, 0.3) is 0 Å². The van der Waals surface area contributed by atoms with E-state index in [1.54, 1.807) is 17.0 Å². The standard InChI is InChI=1S/C19H22N2O3/c1-2-23-14-8-10-15(11-9-14)24-13-19(22)21-12-4-5-16-17(20)6-3-7-18(16)21/h3,6-11H,2,4-5,12-13,20H2,1H3. The highest BCUT2D eigenvalue weighted by Gasteiger charge is 2.23. The lowest BCUT2D eigenvalue weighted by Gasteiger charge is -2.30. The molecule has 0 aromatic heterocycles. The van der Waals surface area contributed by atoms with Gasteiger partial charge in [0, 0.05) is 17.9 Å². The number of fused-ring (bicyclic) bond motifs is 1. The number of nitrogens with two attached hydrogens (primary N) is 1. The summed E-state index contributed by atoms with van der Waals surface area (Å²) >= 11 is 0. The molecule has 1 amide bonds. The van der Waals surface area contributed by atoms with Gasteiger partial charge in [0.15, 0.2) is 6.61 Å². The number of hydrogen-bond acceptors (Lipinski definition) is 4. The lowest BCUT2D eigenvalue weighted by atomic mass is 10.00. The molecule has 1 aliphatic heterocycles. The van der Waals surface area contributed by atoms with Crippen molar-refractivity contribution in [2.45, 2.75) is 19.8 Å². The van der Waals surface area contributed by atoms with Crippen LogP contribution in [-0.2, 0) is 11.2 Å². The summed E-state index contributed by atoms with van der Waals surface area (Å²) in [6, 6.07) is 13.0. The molecule has 5 heteroatoms. The molecule has 5 nitrogen and oxygen atoms in total. The minimum absolute atomic E-state index is 0.00220. The van der Waals surface area contributed by atoms with Gasteiger partial charge < -0.3 is 20.1 Å². The Balaban J connectivity index is 1.65. The number of carbonyl (C=O) groups excluding carboxylic acids is 1. The Hall–Kier alpha value is -2.69. The summed E-state index contributed by atoms with van der Waals surface area (Å²) in [4.78, 5) is 14.3. The predicted molar refractivity (Wildman–Crippen MR) is 94.6 cm³/mol. The summed E-state index contributed by atoms with van der Waals surface area (Å²) in [6.07, 6.45) is 1.82. The second kappa shape index (κ2) is 7.25. The number of anilines is 2. The van der Waals surface area contributed by atoms with Gasteiger partial charge in [0.2, 0.25) is 0 Å². The number of ether oxygens (including phenoxy) is 2. The van der Waals surface area contributed by atoms with Crippen molar-refractivity contribution in [1.82, 2.24) is 0 Å². The highest BCUT2D eigenvalue weighted by atomic mass is 16.5. The average molecular weight is 326 g/mol. The maximum absolute atomic E-state index is 12.6. The van der Waals surface area contributed by atoms with Crippen molar-refractivity contribution in [2.24, 2.45) is 0 Å². The Bertz CT molecular complexity index is 713. The lowest BCUT2D eigenvalue weighted by Crippen LogP contribution is -2.38. The number of nitrogens with zero attached hydrogens (tertiary/aromatic N) is 1. The molecule has 3 rings (SSSR count). The van der Waals surface area contributed by atoms with Crippen molar-refractivity contribution in [2.75, 3.05) is 30.4 Å². The fourth-order valence-electron chi connectivity index (χ4n) is 2.93. The van der Waals surface area contributed by atoms with E-state index in [1.165, 1.54) is 0 Å². The largest absolute Gasteiger partial charge is 0.494 e. The van der Waals surface area contributed by atoms with Crippen LogP contribution >= 0.6 is 0 Å². The first-order valence-electron chi connectivity index (χ1n) is 8.22. The SMILES string of the molecule is CCOc1ccc(OCC(=O)N2CCCc3c(N)cccc32)cc1. The zero-order valence-electron chi connectivity index (χ0n) is 13.8. The fraction of sp³-hybridized carbons (Fsp3) is 0.316.